The number of nitrogens with zero attached hydrogens (tertiary/aromatic N) is 4. The molecule has 0 radical (unpaired) electrons. The molecule has 0 bridgehead atoms. The van der Waals surface area contributed by atoms with E-state index in [1.54, 1.807) is 23.0 Å². The quantitative estimate of drug-likeness (QED) is 0.693. The van der Waals surface area contributed by atoms with Crippen molar-refractivity contribution in [2.45, 2.75) is 26.8 Å². The van der Waals surface area contributed by atoms with Crippen molar-refractivity contribution in [3.63, 3.8) is 0 Å². The number of aromatic amines is 1. The van der Waals surface area contributed by atoms with E-state index >= 15 is 0 Å². The molecule has 3 aromatic rings. The predicted octanol–water partition coefficient (Wildman–Crippen LogP) is 2.40. The average molecular weight is 374 g/mol. The Kier molecular flexibility index (Phi) is 5.31. The van der Waals surface area contributed by atoms with Crippen LogP contribution in [-0.4, -0.2) is 31.1 Å². The van der Waals surface area contributed by atoms with Gasteiger partial charge in [-0.2, -0.15) is 19.0 Å². The summed E-state index contributed by atoms with van der Waals surface area (Å²) in [6.07, 6.45) is 1.60. The highest BCUT2D eigenvalue weighted by Gasteiger charge is 2.17. The van der Waals surface area contributed by atoms with Crippen LogP contribution in [0, 0.1) is 6.92 Å². The zero-order chi connectivity index (χ0) is 19.6. The zero-order valence-corrected chi connectivity index (χ0v) is 15.0. The molecule has 2 heterocycles. The summed E-state index contributed by atoms with van der Waals surface area (Å²) in [5.41, 5.74) is 7.84. The molecule has 0 saturated carbocycles. The van der Waals surface area contributed by atoms with Crippen LogP contribution in [0.5, 0.6) is 0 Å². The molecule has 9 heteroatoms. The van der Waals surface area contributed by atoms with E-state index in [0.29, 0.717) is 5.69 Å². The molecular formula is C18H20F2N6O. The van der Waals surface area contributed by atoms with Gasteiger partial charge in [0.25, 0.3) is 6.08 Å². The van der Waals surface area contributed by atoms with Crippen molar-refractivity contribution in [3.8, 4) is 16.8 Å². The van der Waals surface area contributed by atoms with Crippen molar-refractivity contribution in [1.82, 2.24) is 24.5 Å². The van der Waals surface area contributed by atoms with Gasteiger partial charge in [0.05, 0.1) is 11.9 Å². The molecule has 3 rings (SSSR count). The van der Waals surface area contributed by atoms with E-state index in [1.165, 1.54) is 4.57 Å². The minimum absolute atomic E-state index is 0.178. The largest absolute Gasteiger partial charge is 0.347 e. The number of nitrogens with one attached hydrogen (secondary N) is 1. The molecule has 1 aromatic carbocycles. The van der Waals surface area contributed by atoms with E-state index in [0.717, 1.165) is 23.2 Å². The van der Waals surface area contributed by atoms with E-state index in [2.05, 4.69) is 15.3 Å². The van der Waals surface area contributed by atoms with E-state index in [1.807, 2.05) is 26.1 Å². The summed E-state index contributed by atoms with van der Waals surface area (Å²) in [5, 5.41) is 10.5. The first kappa shape index (κ1) is 18.7. The molecule has 0 spiro atoms. The van der Waals surface area contributed by atoms with Gasteiger partial charge in [0.1, 0.15) is 5.82 Å². The molecule has 3 N–H and O–H groups in total. The van der Waals surface area contributed by atoms with Gasteiger partial charge in [0.2, 0.25) is 0 Å². The van der Waals surface area contributed by atoms with E-state index in [9.17, 15) is 13.6 Å². The van der Waals surface area contributed by atoms with Crippen LogP contribution in [0.15, 0.2) is 47.0 Å². The van der Waals surface area contributed by atoms with E-state index < -0.39 is 11.8 Å². The topological polar surface area (TPSA) is 94.5 Å². The van der Waals surface area contributed by atoms with Gasteiger partial charge in [0.15, 0.2) is 0 Å². The highest BCUT2D eigenvalue weighted by Crippen LogP contribution is 2.27. The van der Waals surface area contributed by atoms with Gasteiger partial charge in [-0.15, -0.1) is 0 Å². The molecule has 0 amide bonds. The summed E-state index contributed by atoms with van der Waals surface area (Å²) in [6.45, 7) is 4.29. The third-order valence-electron chi connectivity index (χ3n) is 4.44. The lowest BCUT2D eigenvalue weighted by Crippen LogP contribution is -2.19. The van der Waals surface area contributed by atoms with Crippen LogP contribution in [0.4, 0.5) is 8.78 Å². The highest BCUT2D eigenvalue weighted by molar-refractivity contribution is 5.70. The first-order chi connectivity index (χ1) is 13.0. The number of halogens is 2. The van der Waals surface area contributed by atoms with E-state index in [4.69, 9.17) is 5.73 Å². The maximum atomic E-state index is 13.0. The van der Waals surface area contributed by atoms with Crippen molar-refractivity contribution in [2.24, 2.45) is 5.73 Å². The molecule has 0 unspecified atom stereocenters. The van der Waals surface area contributed by atoms with Crippen LogP contribution in [0.2, 0.25) is 0 Å². The SMILES string of the molecule is CCn1cc(-c2cccc(-n3c(CC(CN)=C(F)F)n[nH]c3=O)c2C)cn1. The van der Waals surface area contributed by atoms with Crippen molar-refractivity contribution in [3.05, 3.63) is 64.1 Å². The summed E-state index contributed by atoms with van der Waals surface area (Å²) >= 11 is 0. The number of hydrogen-bond donors (Lipinski definition) is 2. The molecule has 2 aromatic heterocycles. The number of hydrogen-bond acceptors (Lipinski definition) is 4. The van der Waals surface area contributed by atoms with Gasteiger partial charge in [-0.1, -0.05) is 12.1 Å². The fourth-order valence-corrected chi connectivity index (χ4v) is 2.96. The smallest absolute Gasteiger partial charge is 0.327 e. The van der Waals surface area contributed by atoms with Crippen LogP contribution in [-0.2, 0) is 13.0 Å². The van der Waals surface area contributed by atoms with Crippen LogP contribution in [0.25, 0.3) is 16.8 Å². The normalized spacial score (nSPS) is 11.0. The second-order valence-electron chi connectivity index (χ2n) is 6.06. The van der Waals surface area contributed by atoms with Crippen LogP contribution in [0.3, 0.4) is 0 Å². The third-order valence-corrected chi connectivity index (χ3v) is 4.44. The number of aromatic nitrogens is 5. The molecular weight excluding hydrogens is 354 g/mol. The van der Waals surface area contributed by atoms with Gasteiger partial charge in [0, 0.05) is 36.8 Å². The number of nitrogens with two attached hydrogens (primary N) is 1. The summed E-state index contributed by atoms with van der Waals surface area (Å²) < 4.78 is 29.1. The standard InChI is InChI=1S/C18H20F2N6O/c1-3-25-10-13(9-22-25)14-5-4-6-15(11(14)2)26-16(23-24-18(26)27)7-12(8-21)17(19)20/h4-6,9-10H,3,7-8,21H2,1-2H3,(H,24,27). The monoisotopic (exact) mass is 374 g/mol. The minimum atomic E-state index is -1.85. The van der Waals surface area contributed by atoms with Crippen molar-refractivity contribution >= 4 is 0 Å². The fourth-order valence-electron chi connectivity index (χ4n) is 2.96. The molecule has 0 fully saturated rings. The summed E-state index contributed by atoms with van der Waals surface area (Å²) in [7, 11) is 0. The Morgan fingerprint density at radius 2 is 2.11 bits per heavy atom. The Balaban J connectivity index is 2.10. The van der Waals surface area contributed by atoms with Gasteiger partial charge in [-0.3, -0.25) is 4.68 Å². The summed E-state index contributed by atoms with van der Waals surface area (Å²) in [5.74, 6) is 0.178. The molecule has 0 aliphatic rings. The molecule has 7 nitrogen and oxygen atoms in total. The van der Waals surface area contributed by atoms with Gasteiger partial charge in [-0.25, -0.2) is 14.5 Å². The maximum absolute atomic E-state index is 13.0. The van der Waals surface area contributed by atoms with Gasteiger partial charge >= 0.3 is 5.69 Å². The Hall–Kier alpha value is -3.07. The van der Waals surface area contributed by atoms with Crippen molar-refractivity contribution in [2.75, 3.05) is 6.54 Å². The number of benzene rings is 1. The Morgan fingerprint density at radius 3 is 2.74 bits per heavy atom. The lowest BCUT2D eigenvalue weighted by atomic mass is 10.0. The first-order valence-corrected chi connectivity index (χ1v) is 8.48. The second-order valence-corrected chi connectivity index (χ2v) is 6.06. The van der Waals surface area contributed by atoms with Crippen LogP contribution in [0.1, 0.15) is 18.3 Å². The van der Waals surface area contributed by atoms with E-state index in [-0.39, 0.29) is 24.4 Å². The second kappa shape index (κ2) is 7.67. The van der Waals surface area contributed by atoms with Crippen molar-refractivity contribution in [1.29, 1.82) is 0 Å². The molecule has 0 aliphatic carbocycles. The first-order valence-electron chi connectivity index (χ1n) is 8.48. The number of H-pyrrole nitrogens is 1. The minimum Gasteiger partial charge on any atom is -0.327 e. The maximum Gasteiger partial charge on any atom is 0.347 e. The zero-order valence-electron chi connectivity index (χ0n) is 15.0. The summed E-state index contributed by atoms with van der Waals surface area (Å²) in [4.78, 5) is 12.3. The molecule has 0 aliphatic heterocycles. The lowest BCUT2D eigenvalue weighted by molar-refractivity contribution is 0.407. The molecule has 0 saturated heterocycles. The van der Waals surface area contributed by atoms with Gasteiger partial charge in [-0.05, 0) is 31.0 Å². The Bertz CT molecular complexity index is 1040. The molecule has 142 valence electrons. The predicted molar refractivity (Wildman–Crippen MR) is 97.8 cm³/mol. The lowest BCUT2D eigenvalue weighted by Gasteiger charge is -2.12. The summed E-state index contributed by atoms with van der Waals surface area (Å²) in [6, 6.07) is 5.48. The molecule has 27 heavy (non-hydrogen) atoms. The Morgan fingerprint density at radius 1 is 1.33 bits per heavy atom. The number of aryl methyl sites for hydroxylation is 1. The highest BCUT2D eigenvalue weighted by atomic mass is 19.3. The fraction of sp³-hybridized carbons (Fsp3) is 0.278. The van der Waals surface area contributed by atoms with Crippen LogP contribution >= 0.6 is 0 Å². The Labute approximate surface area is 154 Å². The third kappa shape index (κ3) is 3.59. The average Bonchev–Trinajstić information content (AvgIpc) is 3.26. The van der Waals surface area contributed by atoms with Crippen LogP contribution < -0.4 is 11.4 Å². The van der Waals surface area contributed by atoms with Gasteiger partial charge < -0.3 is 5.73 Å². The number of rotatable bonds is 6. The molecule has 0 atom stereocenters. The van der Waals surface area contributed by atoms with Crippen molar-refractivity contribution < 1.29 is 8.78 Å².